The summed E-state index contributed by atoms with van der Waals surface area (Å²) in [5, 5.41) is 12.9. The van der Waals surface area contributed by atoms with Crippen LogP contribution in [0.4, 0.5) is 4.39 Å². The van der Waals surface area contributed by atoms with Gasteiger partial charge in [0.25, 0.3) is 0 Å². The summed E-state index contributed by atoms with van der Waals surface area (Å²) in [6.45, 7) is 0.725. The summed E-state index contributed by atoms with van der Waals surface area (Å²) in [4.78, 5) is 2.46. The zero-order valence-electron chi connectivity index (χ0n) is 14.9. The maximum absolute atomic E-state index is 13.7. The number of hydrogen-bond acceptors (Lipinski definition) is 3. The molecule has 27 heavy (non-hydrogen) atoms. The van der Waals surface area contributed by atoms with E-state index in [1.165, 1.54) is 6.07 Å². The SMILES string of the molecule is OC1(c2ccc(Cl)cc2)C[C@H]2CC[C@@H](C1)N2Cc1coc2ccc(F)cc12. The molecule has 3 nitrogen and oxygen atoms in total. The molecule has 2 fully saturated rings. The highest BCUT2D eigenvalue weighted by atomic mass is 35.5. The first-order valence-corrected chi connectivity index (χ1v) is 9.79. The second-order valence-corrected chi connectivity index (χ2v) is 8.34. The molecule has 0 saturated carbocycles. The second kappa shape index (κ2) is 6.33. The molecule has 3 atom stereocenters. The molecule has 2 aliphatic heterocycles. The molecule has 0 aliphatic carbocycles. The van der Waals surface area contributed by atoms with E-state index in [-0.39, 0.29) is 5.82 Å². The fourth-order valence-corrected chi connectivity index (χ4v) is 5.07. The van der Waals surface area contributed by atoms with Crippen LogP contribution in [0.1, 0.15) is 36.8 Å². The summed E-state index contributed by atoms with van der Waals surface area (Å²) in [6, 6.07) is 12.8. The van der Waals surface area contributed by atoms with E-state index in [0.717, 1.165) is 35.9 Å². The Labute approximate surface area is 162 Å². The van der Waals surface area contributed by atoms with Gasteiger partial charge in [-0.3, -0.25) is 4.90 Å². The summed E-state index contributed by atoms with van der Waals surface area (Å²) in [5.74, 6) is -0.246. The summed E-state index contributed by atoms with van der Waals surface area (Å²) < 4.78 is 19.3. The third-order valence-corrected chi connectivity index (χ3v) is 6.52. The van der Waals surface area contributed by atoms with Crippen molar-refractivity contribution in [2.24, 2.45) is 0 Å². The zero-order chi connectivity index (χ0) is 18.6. The maximum Gasteiger partial charge on any atom is 0.134 e. The van der Waals surface area contributed by atoms with Crippen LogP contribution in [0.15, 0.2) is 53.1 Å². The largest absolute Gasteiger partial charge is 0.464 e. The molecule has 3 heterocycles. The number of rotatable bonds is 3. The topological polar surface area (TPSA) is 36.6 Å². The fourth-order valence-electron chi connectivity index (χ4n) is 4.94. The van der Waals surface area contributed by atoms with Gasteiger partial charge in [-0.05, 0) is 61.6 Å². The van der Waals surface area contributed by atoms with Gasteiger partial charge in [-0.25, -0.2) is 4.39 Å². The van der Waals surface area contributed by atoms with Crippen molar-refractivity contribution in [3.8, 4) is 0 Å². The molecule has 3 aromatic rings. The first-order valence-electron chi connectivity index (χ1n) is 9.42. The van der Waals surface area contributed by atoms with E-state index in [2.05, 4.69) is 4.90 Å². The van der Waals surface area contributed by atoms with Crippen molar-refractivity contribution in [3.63, 3.8) is 0 Å². The first kappa shape index (κ1) is 17.2. The van der Waals surface area contributed by atoms with Gasteiger partial charge < -0.3 is 9.52 Å². The van der Waals surface area contributed by atoms with Crippen molar-refractivity contribution in [1.29, 1.82) is 0 Å². The molecular weight excluding hydrogens is 365 g/mol. The highest BCUT2D eigenvalue weighted by Crippen LogP contribution is 2.46. The fraction of sp³-hybridized carbons (Fsp3) is 0.364. The standard InChI is InChI=1S/C22H21ClFNO2/c23-16-3-1-15(2-4-16)22(26)10-18-6-7-19(11-22)25(18)12-14-13-27-21-8-5-17(24)9-20(14)21/h1-5,8-9,13,18-19,26H,6-7,10-12H2/t18-,19+,22?. The van der Waals surface area contributed by atoms with Gasteiger partial charge in [-0.15, -0.1) is 0 Å². The maximum atomic E-state index is 13.7. The van der Waals surface area contributed by atoms with Gasteiger partial charge in [0.05, 0.1) is 11.9 Å². The summed E-state index contributed by atoms with van der Waals surface area (Å²) in [6.07, 6.45) is 5.30. The minimum Gasteiger partial charge on any atom is -0.464 e. The van der Waals surface area contributed by atoms with Crippen LogP contribution in [0, 0.1) is 5.82 Å². The minimum absolute atomic E-state index is 0.246. The van der Waals surface area contributed by atoms with Gasteiger partial charge in [-0.2, -0.15) is 0 Å². The molecule has 2 aromatic carbocycles. The van der Waals surface area contributed by atoms with E-state index in [0.29, 0.717) is 35.5 Å². The Morgan fingerprint density at radius 3 is 2.52 bits per heavy atom. The smallest absolute Gasteiger partial charge is 0.134 e. The molecule has 5 heteroatoms. The number of furan rings is 1. The van der Waals surface area contributed by atoms with Crippen molar-refractivity contribution in [1.82, 2.24) is 4.90 Å². The predicted octanol–water partition coefficient (Wildman–Crippen LogP) is 5.24. The molecule has 2 bridgehead atoms. The first-order chi connectivity index (χ1) is 13.0. The number of piperidine rings is 1. The molecule has 0 amide bonds. The monoisotopic (exact) mass is 385 g/mol. The van der Waals surface area contributed by atoms with E-state index >= 15 is 0 Å². The van der Waals surface area contributed by atoms with Crippen molar-refractivity contribution in [3.05, 3.63) is 70.7 Å². The number of aliphatic hydroxyl groups is 1. The third kappa shape index (κ3) is 2.96. The highest BCUT2D eigenvalue weighted by Gasteiger charge is 2.48. The van der Waals surface area contributed by atoms with Gasteiger partial charge in [0.15, 0.2) is 0 Å². The van der Waals surface area contributed by atoms with Crippen LogP contribution in [0.5, 0.6) is 0 Å². The van der Waals surface area contributed by atoms with Crippen LogP contribution >= 0.6 is 11.6 Å². The van der Waals surface area contributed by atoms with Gasteiger partial charge in [0.2, 0.25) is 0 Å². The Morgan fingerprint density at radius 2 is 1.81 bits per heavy atom. The lowest BCUT2D eigenvalue weighted by atomic mass is 9.80. The molecule has 5 rings (SSSR count). The molecule has 0 spiro atoms. The molecule has 2 aliphatic rings. The normalized spacial score (nSPS) is 28.1. The Balaban J connectivity index is 1.40. The summed E-state index contributed by atoms with van der Waals surface area (Å²) in [7, 11) is 0. The summed E-state index contributed by atoms with van der Waals surface area (Å²) in [5.41, 5.74) is 1.86. The molecule has 1 unspecified atom stereocenters. The highest BCUT2D eigenvalue weighted by molar-refractivity contribution is 6.30. The number of halogens is 2. The van der Waals surface area contributed by atoms with Crippen LogP contribution in [0.2, 0.25) is 5.02 Å². The average Bonchev–Trinajstić information content (AvgIpc) is 3.15. The Kier molecular flexibility index (Phi) is 4.04. The second-order valence-electron chi connectivity index (χ2n) is 7.91. The van der Waals surface area contributed by atoms with E-state index in [1.54, 1.807) is 18.4 Å². The number of benzene rings is 2. The number of fused-ring (bicyclic) bond motifs is 3. The lowest BCUT2D eigenvalue weighted by Gasteiger charge is -2.44. The van der Waals surface area contributed by atoms with E-state index < -0.39 is 5.60 Å². The average molecular weight is 386 g/mol. The van der Waals surface area contributed by atoms with Crippen LogP contribution in [0.25, 0.3) is 11.0 Å². The molecule has 0 radical (unpaired) electrons. The Hall–Kier alpha value is -1.88. The minimum atomic E-state index is -0.808. The van der Waals surface area contributed by atoms with Crippen LogP contribution in [-0.2, 0) is 12.1 Å². The quantitative estimate of drug-likeness (QED) is 0.669. The molecule has 1 aromatic heterocycles. The van der Waals surface area contributed by atoms with E-state index in [4.69, 9.17) is 16.0 Å². The van der Waals surface area contributed by atoms with Crippen LogP contribution in [0.3, 0.4) is 0 Å². The van der Waals surface area contributed by atoms with E-state index in [9.17, 15) is 9.50 Å². The van der Waals surface area contributed by atoms with Crippen LogP contribution < -0.4 is 0 Å². The van der Waals surface area contributed by atoms with Gasteiger partial charge in [0, 0.05) is 34.6 Å². The predicted molar refractivity (Wildman–Crippen MR) is 103 cm³/mol. The van der Waals surface area contributed by atoms with Crippen molar-refractivity contribution in [2.75, 3.05) is 0 Å². The Bertz CT molecular complexity index is 970. The van der Waals surface area contributed by atoms with Crippen LogP contribution in [-0.4, -0.2) is 22.1 Å². The Morgan fingerprint density at radius 1 is 1.11 bits per heavy atom. The van der Waals surface area contributed by atoms with Gasteiger partial charge in [0.1, 0.15) is 11.4 Å². The lowest BCUT2D eigenvalue weighted by molar-refractivity contribution is -0.0594. The lowest BCUT2D eigenvalue weighted by Crippen LogP contribution is -2.49. The van der Waals surface area contributed by atoms with Crippen molar-refractivity contribution < 1.29 is 13.9 Å². The number of hydrogen-bond donors (Lipinski definition) is 1. The van der Waals surface area contributed by atoms with E-state index in [1.807, 2.05) is 24.3 Å². The molecule has 140 valence electrons. The molecule has 1 N–H and O–H groups in total. The summed E-state index contributed by atoms with van der Waals surface area (Å²) >= 11 is 6.00. The van der Waals surface area contributed by atoms with Crippen molar-refractivity contribution in [2.45, 2.75) is 49.9 Å². The van der Waals surface area contributed by atoms with Gasteiger partial charge >= 0.3 is 0 Å². The van der Waals surface area contributed by atoms with Gasteiger partial charge in [-0.1, -0.05) is 23.7 Å². The third-order valence-electron chi connectivity index (χ3n) is 6.27. The molecule has 2 saturated heterocycles. The zero-order valence-corrected chi connectivity index (χ0v) is 15.6. The van der Waals surface area contributed by atoms with Crippen molar-refractivity contribution >= 4 is 22.6 Å². The molecular formula is C22H21ClFNO2. The number of nitrogens with zero attached hydrogens (tertiary/aromatic N) is 1.